The number of carbonyl (C=O) groups is 1. The number of ether oxygens (including phenoxy) is 1. The van der Waals surface area contributed by atoms with Crippen molar-refractivity contribution in [2.24, 2.45) is 0 Å². The number of nitrogen functional groups attached to an aromatic ring is 1. The number of aryl methyl sites for hydroxylation is 1. The van der Waals surface area contributed by atoms with Crippen molar-refractivity contribution >= 4 is 11.8 Å². The summed E-state index contributed by atoms with van der Waals surface area (Å²) in [6.45, 7) is 4.98. The van der Waals surface area contributed by atoms with Crippen LogP contribution in [0, 0.1) is 13.8 Å². The van der Waals surface area contributed by atoms with E-state index >= 15 is 0 Å². The van der Waals surface area contributed by atoms with Crippen molar-refractivity contribution in [2.45, 2.75) is 32.8 Å². The van der Waals surface area contributed by atoms with E-state index in [2.05, 4.69) is 15.6 Å². The molecule has 1 unspecified atom stereocenters. The minimum absolute atomic E-state index is 0.00824. The molecule has 1 aromatic carbocycles. The lowest BCUT2D eigenvalue weighted by Gasteiger charge is -2.11. The molecule has 3 heterocycles. The van der Waals surface area contributed by atoms with Crippen molar-refractivity contribution < 1.29 is 14.1 Å². The average Bonchev–Trinajstić information content (AvgIpc) is 3.41. The van der Waals surface area contributed by atoms with Crippen molar-refractivity contribution in [3.63, 3.8) is 0 Å². The Morgan fingerprint density at radius 1 is 1.32 bits per heavy atom. The van der Waals surface area contributed by atoms with Crippen LogP contribution in [-0.2, 0) is 4.74 Å². The zero-order chi connectivity index (χ0) is 19.7. The average molecular weight is 381 g/mol. The molecule has 1 amide bonds. The molecule has 3 aromatic rings. The second-order valence-corrected chi connectivity index (χ2v) is 6.91. The van der Waals surface area contributed by atoms with E-state index in [0.29, 0.717) is 12.2 Å². The first-order chi connectivity index (χ1) is 13.6. The quantitative estimate of drug-likeness (QED) is 0.703. The van der Waals surface area contributed by atoms with Gasteiger partial charge in [0.2, 0.25) is 5.88 Å². The smallest absolute Gasteiger partial charge is 0.259 e. The molecule has 0 radical (unpaired) electrons. The lowest BCUT2D eigenvalue weighted by atomic mass is 10.0. The van der Waals surface area contributed by atoms with Gasteiger partial charge < -0.3 is 20.3 Å². The van der Waals surface area contributed by atoms with Crippen LogP contribution in [0.25, 0.3) is 16.9 Å². The minimum atomic E-state index is -0.324. The summed E-state index contributed by atoms with van der Waals surface area (Å²) >= 11 is 0. The largest absolute Gasteiger partial charge is 0.376 e. The Labute approximate surface area is 162 Å². The summed E-state index contributed by atoms with van der Waals surface area (Å²) in [6.07, 6.45) is 1.99. The number of anilines is 1. The van der Waals surface area contributed by atoms with Crippen LogP contribution in [-0.4, -0.2) is 40.1 Å². The van der Waals surface area contributed by atoms with Gasteiger partial charge in [-0.3, -0.25) is 4.79 Å². The van der Waals surface area contributed by atoms with Crippen LogP contribution in [0.15, 0.2) is 34.9 Å². The van der Waals surface area contributed by atoms with Crippen LogP contribution >= 0.6 is 0 Å². The van der Waals surface area contributed by atoms with Gasteiger partial charge in [-0.1, -0.05) is 23.4 Å². The van der Waals surface area contributed by atoms with Crippen molar-refractivity contribution in [2.75, 3.05) is 18.9 Å². The van der Waals surface area contributed by atoms with Gasteiger partial charge in [0.15, 0.2) is 0 Å². The lowest BCUT2D eigenvalue weighted by Crippen LogP contribution is -2.32. The van der Waals surface area contributed by atoms with Crippen molar-refractivity contribution in [3.8, 4) is 16.9 Å². The molecular formula is C20H23N5O3. The second kappa shape index (κ2) is 7.47. The van der Waals surface area contributed by atoms with Crippen molar-refractivity contribution in [3.05, 3.63) is 47.3 Å². The fourth-order valence-corrected chi connectivity index (χ4v) is 3.60. The molecule has 0 bridgehead atoms. The molecular weight excluding hydrogens is 358 g/mol. The Kier molecular flexibility index (Phi) is 4.87. The molecule has 0 spiro atoms. The number of carbonyl (C=O) groups excluding carboxylic acids is 1. The zero-order valence-corrected chi connectivity index (χ0v) is 15.9. The van der Waals surface area contributed by atoms with Gasteiger partial charge >= 0.3 is 0 Å². The molecule has 4 rings (SSSR count). The van der Waals surface area contributed by atoms with Crippen molar-refractivity contribution in [1.82, 2.24) is 20.3 Å². The van der Waals surface area contributed by atoms with E-state index in [4.69, 9.17) is 15.0 Å². The first-order valence-electron chi connectivity index (χ1n) is 9.33. The predicted molar refractivity (Wildman–Crippen MR) is 104 cm³/mol. The number of para-hydroxylation sites is 1. The van der Waals surface area contributed by atoms with Crippen LogP contribution in [0.5, 0.6) is 0 Å². The fraction of sp³-hybridized carbons (Fsp3) is 0.350. The van der Waals surface area contributed by atoms with Crippen LogP contribution in [0.4, 0.5) is 5.88 Å². The summed E-state index contributed by atoms with van der Waals surface area (Å²) in [5.41, 5.74) is 9.83. The number of amides is 1. The first-order valence-corrected chi connectivity index (χ1v) is 9.33. The number of aromatic nitrogens is 3. The molecule has 8 heteroatoms. The van der Waals surface area contributed by atoms with E-state index in [1.807, 2.05) is 48.9 Å². The van der Waals surface area contributed by atoms with E-state index in [-0.39, 0.29) is 23.5 Å². The molecule has 3 N–H and O–H groups in total. The van der Waals surface area contributed by atoms with Gasteiger partial charge in [-0.25, -0.2) is 4.68 Å². The number of hydrogen-bond acceptors (Lipinski definition) is 6. The Hall–Kier alpha value is -3.13. The first kappa shape index (κ1) is 18.2. The van der Waals surface area contributed by atoms with Crippen LogP contribution < -0.4 is 11.1 Å². The molecule has 1 atom stereocenters. The molecule has 0 aliphatic carbocycles. The summed E-state index contributed by atoms with van der Waals surface area (Å²) in [6, 6.07) is 9.78. The number of nitrogens with one attached hydrogen (secondary N) is 1. The number of benzene rings is 1. The Bertz CT molecular complexity index is 987. The lowest BCUT2D eigenvalue weighted by molar-refractivity contribution is 0.0858. The summed E-state index contributed by atoms with van der Waals surface area (Å²) in [4.78, 5) is 12.8. The molecule has 1 aliphatic heterocycles. The van der Waals surface area contributed by atoms with Gasteiger partial charge in [-0.15, -0.1) is 0 Å². The Morgan fingerprint density at radius 3 is 2.82 bits per heavy atom. The maximum Gasteiger partial charge on any atom is 0.259 e. The van der Waals surface area contributed by atoms with Crippen LogP contribution in [0.2, 0.25) is 0 Å². The highest BCUT2D eigenvalue weighted by Crippen LogP contribution is 2.33. The highest BCUT2D eigenvalue weighted by molar-refractivity contribution is 6.04. The molecule has 2 aromatic heterocycles. The van der Waals surface area contributed by atoms with E-state index in [0.717, 1.165) is 42.1 Å². The number of hydrogen-bond donors (Lipinski definition) is 2. The normalized spacial score (nSPS) is 16.4. The van der Waals surface area contributed by atoms with Crippen LogP contribution in [0.1, 0.15) is 34.6 Å². The molecule has 8 nitrogen and oxygen atoms in total. The standard InChI is InChI=1S/C20H23N5O3/c1-12-16(13(2)25(23-12)14-7-4-3-5-8-14)18-17(19(21)28-24-18)20(26)22-11-15-9-6-10-27-15/h3-5,7-8,15H,6,9-11,21H2,1-2H3,(H,22,26). The third kappa shape index (κ3) is 3.27. The van der Waals surface area contributed by atoms with E-state index in [1.165, 1.54) is 0 Å². The van der Waals surface area contributed by atoms with Gasteiger partial charge in [0.05, 0.1) is 23.2 Å². The zero-order valence-electron chi connectivity index (χ0n) is 15.9. The predicted octanol–water partition coefficient (Wildman–Crippen LogP) is 2.64. The molecule has 28 heavy (non-hydrogen) atoms. The minimum Gasteiger partial charge on any atom is -0.376 e. The number of nitrogens with two attached hydrogens (primary N) is 1. The highest BCUT2D eigenvalue weighted by Gasteiger charge is 2.28. The van der Waals surface area contributed by atoms with E-state index in [1.54, 1.807) is 0 Å². The highest BCUT2D eigenvalue weighted by atomic mass is 16.5. The number of nitrogens with zero attached hydrogens (tertiary/aromatic N) is 3. The molecule has 1 aliphatic rings. The van der Waals surface area contributed by atoms with Gasteiger partial charge in [0, 0.05) is 18.7 Å². The molecule has 146 valence electrons. The van der Waals surface area contributed by atoms with Crippen molar-refractivity contribution in [1.29, 1.82) is 0 Å². The van der Waals surface area contributed by atoms with Gasteiger partial charge in [0.1, 0.15) is 11.3 Å². The maximum atomic E-state index is 12.8. The number of rotatable bonds is 5. The fourth-order valence-electron chi connectivity index (χ4n) is 3.60. The van der Waals surface area contributed by atoms with E-state index < -0.39 is 0 Å². The third-order valence-electron chi connectivity index (χ3n) is 4.99. The van der Waals surface area contributed by atoms with E-state index in [9.17, 15) is 4.79 Å². The van der Waals surface area contributed by atoms with Gasteiger partial charge in [0.25, 0.3) is 5.91 Å². The summed E-state index contributed by atoms with van der Waals surface area (Å²) < 4.78 is 12.5. The molecule has 1 fully saturated rings. The molecule has 0 saturated carbocycles. The maximum absolute atomic E-state index is 12.8. The molecule has 1 saturated heterocycles. The van der Waals surface area contributed by atoms with Crippen LogP contribution in [0.3, 0.4) is 0 Å². The summed E-state index contributed by atoms with van der Waals surface area (Å²) in [7, 11) is 0. The SMILES string of the molecule is Cc1nn(-c2ccccc2)c(C)c1-c1noc(N)c1C(=O)NCC1CCCO1. The third-order valence-corrected chi connectivity index (χ3v) is 4.99. The van der Waals surface area contributed by atoms with Gasteiger partial charge in [-0.05, 0) is 38.8 Å². The summed E-state index contributed by atoms with van der Waals surface area (Å²) in [5.74, 6) is -0.332. The Morgan fingerprint density at radius 2 is 2.11 bits per heavy atom. The second-order valence-electron chi connectivity index (χ2n) is 6.91. The topological polar surface area (TPSA) is 108 Å². The van der Waals surface area contributed by atoms with Gasteiger partial charge in [-0.2, -0.15) is 5.10 Å². The summed E-state index contributed by atoms with van der Waals surface area (Å²) in [5, 5.41) is 11.6. The monoisotopic (exact) mass is 381 g/mol. The Balaban J connectivity index is 1.67.